The maximum atomic E-state index is 13.0. The highest BCUT2D eigenvalue weighted by atomic mass is 32.2. The van der Waals surface area contributed by atoms with Gasteiger partial charge in [0, 0.05) is 48.5 Å². The van der Waals surface area contributed by atoms with Gasteiger partial charge >= 0.3 is 29.2 Å². The number of nitrogen functional groups attached to an aromatic ring is 1. The van der Waals surface area contributed by atoms with E-state index in [2.05, 4.69) is 46.8 Å². The highest BCUT2D eigenvalue weighted by molar-refractivity contribution is 7.86. The van der Waals surface area contributed by atoms with Gasteiger partial charge in [0.25, 0.3) is 0 Å². The Morgan fingerprint density at radius 1 is 1.10 bits per heavy atom. The maximum absolute atomic E-state index is 13.0. The van der Waals surface area contributed by atoms with Crippen LogP contribution in [0.3, 0.4) is 0 Å². The molecule has 1 saturated heterocycles. The van der Waals surface area contributed by atoms with E-state index in [0.29, 0.717) is 52.3 Å². The molecule has 1 fully saturated rings. The van der Waals surface area contributed by atoms with Crippen LogP contribution in [0.25, 0.3) is 5.57 Å². The van der Waals surface area contributed by atoms with Crippen LogP contribution in [0, 0.1) is 11.8 Å². The summed E-state index contributed by atoms with van der Waals surface area (Å²) in [4.78, 5) is 72.9. The average molecular weight is 1010 g/mol. The van der Waals surface area contributed by atoms with Crippen LogP contribution in [-0.4, -0.2) is 98.2 Å². The Morgan fingerprint density at radius 3 is 2.58 bits per heavy atom. The Kier molecular flexibility index (Phi) is 14.6. The molecule has 4 atom stereocenters. The number of phosphoric acid groups is 3. The van der Waals surface area contributed by atoms with Crippen LogP contribution in [0.4, 0.5) is 17.2 Å². The smallest absolute Gasteiger partial charge is 0.490 e. The first-order valence-corrected chi connectivity index (χ1v) is 26.9. The van der Waals surface area contributed by atoms with Gasteiger partial charge in [0.2, 0.25) is 11.3 Å². The zero-order chi connectivity index (χ0) is 48.7. The fourth-order valence-corrected chi connectivity index (χ4v) is 12.0. The maximum Gasteiger partial charge on any atom is 0.490 e. The number of ether oxygens (including phenoxy) is 2. The molecule has 7 N–H and O–H groups in total. The van der Waals surface area contributed by atoms with E-state index in [1.165, 1.54) is 11.8 Å². The molecule has 0 saturated carbocycles. The van der Waals surface area contributed by atoms with E-state index in [1.54, 1.807) is 18.2 Å². The summed E-state index contributed by atoms with van der Waals surface area (Å²) in [7, 11) is -21.3. The van der Waals surface area contributed by atoms with E-state index >= 15 is 0 Å². The molecule has 2 unspecified atom stereocenters. The summed E-state index contributed by atoms with van der Waals surface area (Å²) in [5.41, 5.74) is 7.62. The zero-order valence-corrected chi connectivity index (χ0v) is 39.8. The molecule has 0 aliphatic carbocycles. The van der Waals surface area contributed by atoms with Gasteiger partial charge in [0.15, 0.2) is 11.5 Å². The normalized spacial score (nSPS) is 20.3. The van der Waals surface area contributed by atoms with Crippen LogP contribution in [-0.2, 0) is 52.9 Å². The zero-order valence-electron chi connectivity index (χ0n) is 36.3. The molecule has 24 nitrogen and oxygen atoms in total. The summed E-state index contributed by atoms with van der Waals surface area (Å²) in [6.45, 7) is 7.19. The van der Waals surface area contributed by atoms with Crippen LogP contribution < -0.4 is 41.7 Å². The van der Waals surface area contributed by atoms with Crippen molar-refractivity contribution in [3.63, 3.8) is 0 Å². The molecule has 0 radical (unpaired) electrons. The molecule has 0 bridgehead atoms. The second-order valence-corrected chi connectivity index (χ2v) is 22.3. The lowest BCUT2D eigenvalue weighted by atomic mass is 9.88. The third-order valence-corrected chi connectivity index (χ3v) is 15.6. The first kappa shape index (κ1) is 50.3. The Morgan fingerprint density at radius 2 is 1.87 bits per heavy atom. The Bertz CT molecular complexity index is 3060. The minimum atomic E-state index is -5.71. The molecule has 5 heterocycles. The number of anilines is 2. The number of phosphoric ester groups is 1. The number of carbonyl (C=O) groups excluding carboxylic acids is 1. The van der Waals surface area contributed by atoms with Crippen molar-refractivity contribution in [2.24, 2.45) is 4.99 Å². The first-order valence-electron chi connectivity index (χ1n) is 20.8. The summed E-state index contributed by atoms with van der Waals surface area (Å²) in [6.07, 6.45) is 3.79. The van der Waals surface area contributed by atoms with Gasteiger partial charge in [-0.2, -0.15) is 13.6 Å². The van der Waals surface area contributed by atoms with Crippen LogP contribution in [0.1, 0.15) is 75.8 Å². The van der Waals surface area contributed by atoms with Gasteiger partial charge in [0.1, 0.15) is 36.2 Å². The van der Waals surface area contributed by atoms with Gasteiger partial charge in [-0.05, 0) is 64.2 Å². The van der Waals surface area contributed by atoms with Crippen molar-refractivity contribution < 1.29 is 73.7 Å². The summed E-state index contributed by atoms with van der Waals surface area (Å²) in [6, 6.07) is 7.58. The third-order valence-electron chi connectivity index (χ3n) is 11.1. The molecule has 362 valence electrons. The molecular weight excluding hydrogens is 963 g/mol. The highest BCUT2D eigenvalue weighted by Gasteiger charge is 2.42. The number of hydrogen-bond acceptors (Lipinski definition) is 17. The van der Waals surface area contributed by atoms with Gasteiger partial charge in [-0.3, -0.25) is 13.9 Å². The predicted molar refractivity (Wildman–Crippen MR) is 237 cm³/mol. The predicted octanol–water partition coefficient (Wildman–Crippen LogP) is 1.84. The van der Waals surface area contributed by atoms with Crippen LogP contribution in [0.5, 0.6) is 11.5 Å². The summed E-state index contributed by atoms with van der Waals surface area (Å²) in [5.74, 6) is 5.33. The standard InChI is InChI=1S/C39H48N7O17P3S/c1-4-44-14-6-9-24-16-29-33(18-31(24)44)61-34-19-32-28(17-30(34)42-29)26(23-67(56,57)58)20-39(2,3)46(32)15-7-10-35(47)41-13-5-8-25-21-45(38(48)43-37(25)40)36-12-11-27(60-36)22-59-65(52,53)63-66(54,55)62-64(49,50)51/h16-21,27,36H,4,6-7,9-15,22-23H2,1-3H3,(H7-,40,41,43,47,48,49,50,51,52,53,54,55,56,57,58)/t27-,36+/m0/s1. The second kappa shape index (κ2) is 19.4. The van der Waals surface area contributed by atoms with Crippen LogP contribution in [0.2, 0.25) is 0 Å². The summed E-state index contributed by atoms with van der Waals surface area (Å²) >= 11 is 0. The molecule has 67 heavy (non-hydrogen) atoms. The molecule has 4 aliphatic heterocycles. The van der Waals surface area contributed by atoms with Crippen molar-refractivity contribution in [1.29, 1.82) is 0 Å². The first-order chi connectivity index (χ1) is 31.3. The van der Waals surface area contributed by atoms with Crippen molar-refractivity contribution in [2.45, 2.75) is 77.2 Å². The molecule has 2 aromatic carbocycles. The van der Waals surface area contributed by atoms with Crippen molar-refractivity contribution in [1.82, 2.24) is 19.4 Å². The molecule has 0 spiro atoms. The van der Waals surface area contributed by atoms with Crippen molar-refractivity contribution >= 4 is 62.3 Å². The Balaban J connectivity index is 0.976. The monoisotopic (exact) mass is 1010 g/mol. The lowest BCUT2D eigenvalue weighted by Gasteiger charge is -2.44. The van der Waals surface area contributed by atoms with Crippen molar-refractivity contribution in [3.8, 4) is 23.3 Å². The van der Waals surface area contributed by atoms with Crippen molar-refractivity contribution in [3.05, 3.63) is 74.4 Å². The number of aryl methyl sites for hydroxylation is 1. The molecular formula is C39H48N7O17P3S. The third kappa shape index (κ3) is 12.5. The number of rotatable bonds is 16. The summed E-state index contributed by atoms with van der Waals surface area (Å²) in [5, 5.41) is 4.48. The number of amides is 1. The van der Waals surface area contributed by atoms with E-state index in [0.717, 1.165) is 35.9 Å². The van der Waals surface area contributed by atoms with Gasteiger partial charge in [-0.25, -0.2) is 36.5 Å². The molecule has 1 amide bonds. The topological polar surface area (TPSA) is 344 Å². The fraction of sp³-hybridized carbons (Fsp3) is 0.462. The average Bonchev–Trinajstić information content (AvgIpc) is 3.68. The molecule has 7 rings (SSSR count). The molecule has 4 aliphatic rings. The number of nitrogens with zero attached hydrogens (tertiary/aromatic N) is 5. The molecule has 3 aromatic rings. The number of nitrogens with one attached hydrogen (secondary N) is 1. The lowest BCUT2D eigenvalue weighted by Crippen LogP contribution is -2.46. The number of hydrogen-bond donors (Lipinski definition) is 6. The molecule has 1 aromatic heterocycles. The van der Waals surface area contributed by atoms with E-state index < -0.39 is 69.5 Å². The minimum Gasteiger partial charge on any atom is -0.748 e. The van der Waals surface area contributed by atoms with E-state index in [9.17, 15) is 46.0 Å². The Hall–Kier alpha value is -4.63. The van der Waals surface area contributed by atoms with E-state index in [1.807, 2.05) is 30.9 Å². The minimum absolute atomic E-state index is 0.0785. The summed E-state index contributed by atoms with van der Waals surface area (Å²) < 4.78 is 98.4. The van der Waals surface area contributed by atoms with Gasteiger partial charge in [-0.15, -0.1) is 0 Å². The lowest BCUT2D eigenvalue weighted by molar-refractivity contribution is -0.120. The SMILES string of the molecule is CC[N+]1=c2cc3c(cc2CCC1)=Nc1cc2c(cc1O3)N(CCCC(=O)NCC#Cc1cn([C@H]3CC[C@@H](COP(=O)(O)OP(=O)(O)OP(=O)(O)O)O3)c(=O)nc1N)C(C)(C)C=C2CS(=O)(=O)[O-]. The Labute approximate surface area is 383 Å². The van der Waals surface area contributed by atoms with E-state index in [4.69, 9.17) is 30.0 Å². The fourth-order valence-electron chi connectivity index (χ4n) is 8.29. The largest absolute Gasteiger partial charge is 0.748 e. The molecule has 28 heteroatoms. The number of nitrogens with two attached hydrogens (primary N) is 1. The number of fused-ring (bicyclic) bond motifs is 4. The van der Waals surface area contributed by atoms with E-state index in [-0.39, 0.29) is 43.1 Å². The van der Waals surface area contributed by atoms with Crippen LogP contribution in [0.15, 0.2) is 46.3 Å². The highest BCUT2D eigenvalue weighted by Crippen LogP contribution is 2.66. The van der Waals surface area contributed by atoms with Crippen LogP contribution >= 0.6 is 23.5 Å². The number of aromatic nitrogens is 2. The van der Waals surface area contributed by atoms with Gasteiger partial charge in [0.05, 0.1) is 52.3 Å². The second-order valence-electron chi connectivity index (χ2n) is 16.4. The van der Waals surface area contributed by atoms with Gasteiger partial charge in [-0.1, -0.05) is 17.9 Å². The van der Waals surface area contributed by atoms with Gasteiger partial charge < -0.3 is 49.6 Å². The van der Waals surface area contributed by atoms with Crippen molar-refractivity contribution in [2.75, 3.05) is 49.2 Å². The number of benzene rings is 2. The number of carbonyl (C=O) groups is 1. The quantitative estimate of drug-likeness (QED) is 0.0403.